The van der Waals surface area contributed by atoms with Gasteiger partial charge in [-0.15, -0.1) is 0 Å². The quantitative estimate of drug-likeness (QED) is 0.792. The number of allylic oxidation sites excluding steroid dienone is 5. The summed E-state index contributed by atoms with van der Waals surface area (Å²) in [5.41, 5.74) is 6.50. The molecule has 6 heteroatoms. The Morgan fingerprint density at radius 3 is 2.71 bits per heavy atom. The van der Waals surface area contributed by atoms with Crippen molar-refractivity contribution in [3.63, 3.8) is 0 Å². The first-order chi connectivity index (χ1) is 11.7. The molecule has 2 rings (SSSR count). The maximum atomic E-state index is 11.5. The smallest absolute Gasteiger partial charge is 0.252 e. The van der Waals surface area contributed by atoms with Crippen molar-refractivity contribution < 1.29 is 4.79 Å². The molecule has 0 unspecified atom stereocenters. The highest BCUT2D eigenvalue weighted by Gasteiger charge is 2.12. The predicted molar refractivity (Wildman–Crippen MR) is 98.9 cm³/mol. The molecular formula is C18H23N5O. The van der Waals surface area contributed by atoms with Gasteiger partial charge in [0.05, 0.1) is 17.5 Å². The fourth-order valence-electron chi connectivity index (χ4n) is 1.92. The van der Waals surface area contributed by atoms with Crippen LogP contribution in [0.5, 0.6) is 0 Å². The number of primary amides is 1. The lowest BCUT2D eigenvalue weighted by molar-refractivity contribution is 0.100. The summed E-state index contributed by atoms with van der Waals surface area (Å²) >= 11 is 0. The van der Waals surface area contributed by atoms with E-state index in [9.17, 15) is 4.79 Å². The topological polar surface area (TPSA) is 85.8 Å². The van der Waals surface area contributed by atoms with Crippen molar-refractivity contribution >= 4 is 23.2 Å². The lowest BCUT2D eigenvalue weighted by Gasteiger charge is -2.11. The summed E-state index contributed by atoms with van der Waals surface area (Å²) in [6.07, 6.45) is 10.5. The van der Waals surface area contributed by atoms with Gasteiger partial charge < -0.3 is 11.1 Å². The molecule has 0 saturated heterocycles. The van der Waals surface area contributed by atoms with Gasteiger partial charge in [-0.25, -0.2) is 9.67 Å². The lowest BCUT2D eigenvalue weighted by atomic mass is 10.2. The van der Waals surface area contributed by atoms with Gasteiger partial charge in [-0.1, -0.05) is 32.6 Å². The number of anilines is 2. The molecule has 0 aliphatic heterocycles. The van der Waals surface area contributed by atoms with Gasteiger partial charge in [-0.3, -0.25) is 4.79 Å². The number of rotatable bonds is 6. The van der Waals surface area contributed by atoms with Crippen molar-refractivity contribution in [3.05, 3.63) is 67.0 Å². The van der Waals surface area contributed by atoms with Crippen LogP contribution in [-0.4, -0.2) is 20.7 Å². The van der Waals surface area contributed by atoms with E-state index in [1.165, 1.54) is 0 Å². The van der Waals surface area contributed by atoms with Crippen LogP contribution in [-0.2, 0) is 0 Å². The van der Waals surface area contributed by atoms with Crippen LogP contribution in [0.15, 0.2) is 61.5 Å². The van der Waals surface area contributed by atoms with Crippen LogP contribution in [0.25, 0.3) is 5.70 Å². The summed E-state index contributed by atoms with van der Waals surface area (Å²) in [5.74, 6) is 0.500. The molecule has 3 N–H and O–H groups in total. The zero-order chi connectivity index (χ0) is 17.9. The normalized spacial score (nSPS) is 10.9. The van der Waals surface area contributed by atoms with Crippen molar-refractivity contribution in [2.45, 2.75) is 20.8 Å². The third-order valence-corrected chi connectivity index (χ3v) is 2.83. The Morgan fingerprint density at radius 1 is 1.33 bits per heavy atom. The number of nitrogens with zero attached hydrogens (tertiary/aromatic N) is 3. The number of aromatic nitrogens is 3. The van der Waals surface area contributed by atoms with Crippen LogP contribution in [0.2, 0.25) is 0 Å². The van der Waals surface area contributed by atoms with Crippen LogP contribution < -0.4 is 11.1 Å². The van der Waals surface area contributed by atoms with Crippen LogP contribution in [0.3, 0.4) is 0 Å². The fourth-order valence-corrected chi connectivity index (χ4v) is 1.92. The first-order valence-corrected chi connectivity index (χ1v) is 7.69. The highest BCUT2D eigenvalue weighted by Crippen LogP contribution is 2.21. The Balaban J connectivity index is 0.00000139. The average Bonchev–Trinajstić information content (AvgIpc) is 3.05. The summed E-state index contributed by atoms with van der Waals surface area (Å²) in [6.45, 7) is 9.61. The highest BCUT2D eigenvalue weighted by molar-refractivity contribution is 5.98. The van der Waals surface area contributed by atoms with Crippen LogP contribution in [0.1, 0.15) is 31.1 Å². The summed E-state index contributed by atoms with van der Waals surface area (Å²) in [6, 6.07) is 5.05. The SMILES string of the molecule is C=C/C=C(\C=C/C)n1nccc1Nc1ncccc1C(N)=O.CC. The molecule has 24 heavy (non-hydrogen) atoms. The molecule has 0 aromatic carbocycles. The Bertz CT molecular complexity index is 743. The number of carbonyl (C=O) groups is 1. The van der Waals surface area contributed by atoms with Gasteiger partial charge in [0, 0.05) is 12.3 Å². The van der Waals surface area contributed by atoms with Crippen molar-refractivity contribution in [2.75, 3.05) is 5.32 Å². The molecule has 0 saturated carbocycles. The van der Waals surface area contributed by atoms with E-state index < -0.39 is 5.91 Å². The number of pyridine rings is 1. The molecule has 0 bridgehead atoms. The van der Waals surface area contributed by atoms with Gasteiger partial charge in [-0.05, 0) is 31.2 Å². The summed E-state index contributed by atoms with van der Waals surface area (Å²) < 4.78 is 1.68. The molecule has 0 aliphatic rings. The van der Waals surface area contributed by atoms with E-state index in [0.29, 0.717) is 17.2 Å². The molecule has 0 fully saturated rings. The Morgan fingerprint density at radius 2 is 2.08 bits per heavy atom. The molecule has 0 radical (unpaired) electrons. The molecule has 126 valence electrons. The van der Waals surface area contributed by atoms with Crippen molar-refractivity contribution in [3.8, 4) is 0 Å². The standard InChI is InChI=1S/C16H17N5O.C2H6/c1-3-6-12(7-4-2)21-14(9-11-19-21)20-16-13(15(17)22)8-5-10-18-16;1-2/h3-11H,1H2,2H3,(H2,17,22)(H,18,20);1-2H3/b7-4-,12-6+;. The van der Waals surface area contributed by atoms with Gasteiger partial charge in [0.25, 0.3) is 5.91 Å². The summed E-state index contributed by atoms with van der Waals surface area (Å²) in [5, 5.41) is 7.35. The number of nitrogens with two attached hydrogens (primary N) is 1. The molecule has 2 aromatic heterocycles. The third kappa shape index (κ3) is 4.67. The number of carbonyl (C=O) groups excluding carboxylic acids is 1. The number of nitrogens with one attached hydrogen (secondary N) is 1. The zero-order valence-electron chi connectivity index (χ0n) is 14.2. The molecule has 0 atom stereocenters. The average molecular weight is 325 g/mol. The summed E-state index contributed by atoms with van der Waals surface area (Å²) in [4.78, 5) is 15.6. The van der Waals surface area contributed by atoms with Crippen LogP contribution in [0, 0.1) is 0 Å². The van der Waals surface area contributed by atoms with Gasteiger partial charge in [0.1, 0.15) is 11.6 Å². The van der Waals surface area contributed by atoms with Gasteiger partial charge in [0.2, 0.25) is 0 Å². The Kier molecular flexibility index (Phi) is 7.70. The molecule has 1 amide bonds. The minimum absolute atomic E-state index is 0.315. The number of amides is 1. The highest BCUT2D eigenvalue weighted by atomic mass is 16.1. The maximum absolute atomic E-state index is 11.5. The van der Waals surface area contributed by atoms with Gasteiger partial charge in [-0.2, -0.15) is 5.10 Å². The Hall–Kier alpha value is -3.15. The second-order valence-corrected chi connectivity index (χ2v) is 4.34. The van der Waals surface area contributed by atoms with Crippen LogP contribution in [0.4, 0.5) is 11.6 Å². The van der Waals surface area contributed by atoms with Gasteiger partial charge >= 0.3 is 0 Å². The van der Waals surface area contributed by atoms with Crippen molar-refractivity contribution in [1.82, 2.24) is 14.8 Å². The monoisotopic (exact) mass is 325 g/mol. The molecule has 6 nitrogen and oxygen atoms in total. The first-order valence-electron chi connectivity index (χ1n) is 7.69. The lowest BCUT2D eigenvalue weighted by Crippen LogP contribution is -2.15. The van der Waals surface area contributed by atoms with Gasteiger partial charge in [0.15, 0.2) is 0 Å². The minimum atomic E-state index is -0.544. The largest absolute Gasteiger partial charge is 0.365 e. The zero-order valence-corrected chi connectivity index (χ0v) is 14.2. The van der Waals surface area contributed by atoms with E-state index >= 15 is 0 Å². The second-order valence-electron chi connectivity index (χ2n) is 4.34. The number of hydrogen-bond donors (Lipinski definition) is 2. The first kappa shape index (κ1) is 18.9. The third-order valence-electron chi connectivity index (χ3n) is 2.83. The van der Waals surface area contributed by atoms with E-state index in [1.54, 1.807) is 41.4 Å². The van der Waals surface area contributed by atoms with Crippen LogP contribution >= 0.6 is 0 Å². The fraction of sp³-hybridized carbons (Fsp3) is 0.167. The van der Waals surface area contributed by atoms with E-state index in [1.807, 2.05) is 39.0 Å². The maximum Gasteiger partial charge on any atom is 0.252 e. The van der Waals surface area contributed by atoms with E-state index in [0.717, 1.165) is 5.70 Å². The van der Waals surface area contributed by atoms with E-state index in [2.05, 4.69) is 22.0 Å². The van der Waals surface area contributed by atoms with E-state index in [-0.39, 0.29) is 0 Å². The molecule has 2 heterocycles. The molecular weight excluding hydrogens is 302 g/mol. The molecule has 0 aliphatic carbocycles. The predicted octanol–water partition coefficient (Wildman–Crippen LogP) is 3.75. The van der Waals surface area contributed by atoms with Crippen molar-refractivity contribution in [2.24, 2.45) is 5.73 Å². The Labute approximate surface area is 142 Å². The second kappa shape index (κ2) is 9.78. The molecule has 0 spiro atoms. The van der Waals surface area contributed by atoms with Crippen molar-refractivity contribution in [1.29, 1.82) is 0 Å². The number of hydrogen-bond acceptors (Lipinski definition) is 4. The molecule has 2 aromatic rings. The van der Waals surface area contributed by atoms with E-state index in [4.69, 9.17) is 5.73 Å². The summed E-state index contributed by atoms with van der Waals surface area (Å²) in [7, 11) is 0. The minimum Gasteiger partial charge on any atom is -0.365 e.